The van der Waals surface area contributed by atoms with E-state index in [1.54, 1.807) is 11.9 Å². The van der Waals surface area contributed by atoms with Gasteiger partial charge in [-0.05, 0) is 49.9 Å². The van der Waals surface area contributed by atoms with Crippen LogP contribution >= 0.6 is 0 Å². The Morgan fingerprint density at radius 1 is 1.41 bits per heavy atom. The van der Waals surface area contributed by atoms with Gasteiger partial charge in [0, 0.05) is 32.9 Å². The van der Waals surface area contributed by atoms with Crippen LogP contribution in [-0.2, 0) is 17.8 Å². The van der Waals surface area contributed by atoms with Gasteiger partial charge in [-0.15, -0.1) is 0 Å². The molecule has 1 fully saturated rings. The third-order valence-electron chi connectivity index (χ3n) is 4.71. The highest BCUT2D eigenvalue weighted by Crippen LogP contribution is 2.15. The second-order valence-electron chi connectivity index (χ2n) is 6.67. The van der Waals surface area contributed by atoms with E-state index in [-0.39, 0.29) is 12.5 Å². The summed E-state index contributed by atoms with van der Waals surface area (Å²) in [4.78, 5) is 28.9. The zero-order valence-corrected chi connectivity index (χ0v) is 16.3. The van der Waals surface area contributed by atoms with Gasteiger partial charge in [-0.25, -0.2) is 4.79 Å². The Labute approximate surface area is 161 Å². The molecule has 2 rings (SSSR count). The number of carbonyl (C=O) groups is 2. The van der Waals surface area contributed by atoms with Crippen LogP contribution in [0.2, 0.25) is 0 Å². The van der Waals surface area contributed by atoms with Crippen molar-refractivity contribution in [3.63, 3.8) is 0 Å². The van der Waals surface area contributed by atoms with Crippen LogP contribution in [0.25, 0.3) is 0 Å². The lowest BCUT2D eigenvalue weighted by Gasteiger charge is -2.31. The van der Waals surface area contributed by atoms with E-state index in [4.69, 9.17) is 15.0 Å². The third kappa shape index (κ3) is 8.83. The molecule has 1 aromatic heterocycles. The summed E-state index contributed by atoms with van der Waals surface area (Å²) in [5.41, 5.74) is 2.10. The Morgan fingerprint density at radius 3 is 2.59 bits per heavy atom. The van der Waals surface area contributed by atoms with Crippen LogP contribution in [-0.4, -0.2) is 77.3 Å². The second-order valence-corrected chi connectivity index (χ2v) is 6.67. The van der Waals surface area contributed by atoms with E-state index in [1.165, 1.54) is 5.56 Å². The molecule has 0 radical (unpaired) electrons. The van der Waals surface area contributed by atoms with E-state index in [1.807, 2.05) is 12.3 Å². The van der Waals surface area contributed by atoms with Crippen molar-refractivity contribution < 1.29 is 19.8 Å². The molecule has 8 heteroatoms. The van der Waals surface area contributed by atoms with E-state index in [9.17, 15) is 4.79 Å². The van der Waals surface area contributed by atoms with Gasteiger partial charge in [0.25, 0.3) is 6.47 Å². The first kappa shape index (κ1) is 22.9. The van der Waals surface area contributed by atoms with Crippen LogP contribution in [0, 0.1) is 5.92 Å². The first-order valence-electron chi connectivity index (χ1n) is 9.37. The molecule has 0 bridgehead atoms. The number of likely N-dealkylation sites (tertiary alicyclic amines) is 1. The molecule has 0 saturated carbocycles. The average molecular weight is 380 g/mol. The van der Waals surface area contributed by atoms with Crippen LogP contribution in [0.3, 0.4) is 0 Å². The van der Waals surface area contributed by atoms with Crippen LogP contribution in [0.15, 0.2) is 18.3 Å². The number of aliphatic hydroxyl groups excluding tert-OH is 1. The van der Waals surface area contributed by atoms with Gasteiger partial charge in [-0.1, -0.05) is 13.0 Å². The minimum atomic E-state index is -0.250. The van der Waals surface area contributed by atoms with Gasteiger partial charge in [-0.3, -0.25) is 9.78 Å². The zero-order valence-electron chi connectivity index (χ0n) is 16.3. The van der Waals surface area contributed by atoms with Crippen molar-refractivity contribution in [2.24, 2.45) is 5.92 Å². The molecule has 0 atom stereocenters. The molecular formula is C19H32N4O4. The second kappa shape index (κ2) is 13.1. The van der Waals surface area contributed by atoms with Crippen molar-refractivity contribution in [2.45, 2.75) is 32.7 Å². The molecule has 1 aromatic rings. The maximum atomic E-state index is 12.1. The predicted molar refractivity (Wildman–Crippen MR) is 103 cm³/mol. The fourth-order valence-corrected chi connectivity index (χ4v) is 2.92. The van der Waals surface area contributed by atoms with Crippen LogP contribution in [0.5, 0.6) is 0 Å². The van der Waals surface area contributed by atoms with Gasteiger partial charge in [0.05, 0.1) is 12.2 Å². The zero-order chi connectivity index (χ0) is 20.1. The van der Waals surface area contributed by atoms with Crippen LogP contribution < -0.4 is 5.32 Å². The fraction of sp³-hybridized carbons (Fsp3) is 0.632. The molecule has 0 aromatic carbocycles. The monoisotopic (exact) mass is 380 g/mol. The van der Waals surface area contributed by atoms with E-state index < -0.39 is 0 Å². The lowest BCUT2D eigenvalue weighted by Crippen LogP contribution is -2.43. The Hall–Kier alpha value is -2.19. The number of urea groups is 1. The molecule has 0 aliphatic carbocycles. The van der Waals surface area contributed by atoms with E-state index >= 15 is 0 Å². The lowest BCUT2D eigenvalue weighted by atomic mass is 9.98. The number of hydrogen-bond acceptors (Lipinski definition) is 5. The molecule has 0 spiro atoms. The quantitative estimate of drug-likeness (QED) is 0.614. The third-order valence-corrected chi connectivity index (χ3v) is 4.71. The summed E-state index contributed by atoms with van der Waals surface area (Å²) in [6, 6.07) is 3.97. The Balaban J connectivity index is 0.00000114. The number of pyridine rings is 1. The van der Waals surface area contributed by atoms with Gasteiger partial charge in [0.1, 0.15) is 0 Å². The minimum Gasteiger partial charge on any atom is -0.483 e. The van der Waals surface area contributed by atoms with Gasteiger partial charge in [0.15, 0.2) is 0 Å². The van der Waals surface area contributed by atoms with E-state index in [2.05, 4.69) is 28.2 Å². The first-order chi connectivity index (χ1) is 13.0. The fourth-order valence-electron chi connectivity index (χ4n) is 2.92. The number of aliphatic hydroxyl groups is 1. The highest BCUT2D eigenvalue weighted by molar-refractivity contribution is 5.73. The maximum Gasteiger partial charge on any atom is 0.317 e. The van der Waals surface area contributed by atoms with Crippen molar-refractivity contribution in [1.29, 1.82) is 0 Å². The SMILES string of the molecule is CCc1ccc(CN(C)C(=O)NCCN2CCC(CO)CC2)nc1.O=CO. The number of amides is 2. The topological polar surface area (TPSA) is 106 Å². The molecule has 2 amide bonds. The summed E-state index contributed by atoms with van der Waals surface area (Å²) >= 11 is 0. The molecule has 0 unspecified atom stereocenters. The molecular weight excluding hydrogens is 348 g/mol. The number of rotatable bonds is 7. The summed E-state index contributed by atoms with van der Waals surface area (Å²) in [7, 11) is 1.79. The van der Waals surface area contributed by atoms with Crippen molar-refractivity contribution >= 4 is 12.5 Å². The molecule has 152 valence electrons. The number of carboxylic acid groups (broad SMARTS) is 1. The van der Waals surface area contributed by atoms with Gasteiger partial charge < -0.3 is 25.3 Å². The summed E-state index contributed by atoms with van der Waals surface area (Å²) in [6.07, 6.45) is 4.93. The number of aryl methyl sites for hydroxylation is 1. The molecule has 27 heavy (non-hydrogen) atoms. The van der Waals surface area contributed by atoms with Gasteiger partial charge in [-0.2, -0.15) is 0 Å². The van der Waals surface area contributed by atoms with Crippen molar-refractivity contribution in [3.8, 4) is 0 Å². The highest BCUT2D eigenvalue weighted by atomic mass is 16.3. The summed E-state index contributed by atoms with van der Waals surface area (Å²) < 4.78 is 0. The highest BCUT2D eigenvalue weighted by Gasteiger charge is 2.18. The summed E-state index contributed by atoms with van der Waals surface area (Å²) in [5.74, 6) is 0.452. The molecule has 1 saturated heterocycles. The first-order valence-corrected chi connectivity index (χ1v) is 9.37. The molecule has 8 nitrogen and oxygen atoms in total. The van der Waals surface area contributed by atoms with Crippen molar-refractivity contribution in [3.05, 3.63) is 29.6 Å². The van der Waals surface area contributed by atoms with Crippen molar-refractivity contribution in [1.82, 2.24) is 20.1 Å². The van der Waals surface area contributed by atoms with Gasteiger partial charge >= 0.3 is 6.03 Å². The van der Waals surface area contributed by atoms with E-state index in [0.29, 0.717) is 25.6 Å². The Bertz CT molecular complexity index is 545. The largest absolute Gasteiger partial charge is 0.483 e. The smallest absolute Gasteiger partial charge is 0.317 e. The number of piperidine rings is 1. The van der Waals surface area contributed by atoms with Crippen LogP contribution in [0.1, 0.15) is 31.0 Å². The summed E-state index contributed by atoms with van der Waals surface area (Å²) in [6.45, 7) is 6.18. The predicted octanol–water partition coefficient (Wildman–Crippen LogP) is 1.19. The molecule has 1 aliphatic heterocycles. The standard InChI is InChI=1S/C18H30N4O2.CH2O2/c1-3-15-4-5-17(20-12-15)13-21(2)18(24)19-8-11-22-9-6-16(14-23)7-10-22;2-1-3/h4-5,12,16,23H,3,6-11,13-14H2,1-2H3,(H,19,24);1H,(H,2,3). The Kier molecular flexibility index (Phi) is 11.0. The number of carbonyl (C=O) groups excluding carboxylic acids is 1. The number of hydrogen-bond donors (Lipinski definition) is 3. The number of aromatic nitrogens is 1. The van der Waals surface area contributed by atoms with Crippen LogP contribution in [0.4, 0.5) is 4.79 Å². The van der Waals surface area contributed by atoms with Gasteiger partial charge in [0.2, 0.25) is 0 Å². The Morgan fingerprint density at radius 2 is 2.07 bits per heavy atom. The minimum absolute atomic E-state index is 0.0680. The lowest BCUT2D eigenvalue weighted by molar-refractivity contribution is -0.122. The summed E-state index contributed by atoms with van der Waals surface area (Å²) in [5, 5.41) is 19.0. The van der Waals surface area contributed by atoms with Crippen molar-refractivity contribution in [2.75, 3.05) is 39.8 Å². The average Bonchev–Trinajstić information content (AvgIpc) is 2.69. The molecule has 1 aliphatic rings. The number of nitrogens with one attached hydrogen (secondary N) is 1. The normalized spacial score (nSPS) is 14.8. The molecule has 3 N–H and O–H groups in total. The molecule has 2 heterocycles. The maximum absolute atomic E-state index is 12.1. The van der Waals surface area contributed by atoms with E-state index in [0.717, 1.165) is 44.6 Å². The number of nitrogens with zero attached hydrogens (tertiary/aromatic N) is 3.